The second-order valence-corrected chi connectivity index (χ2v) is 7.23. The first-order valence-electron chi connectivity index (χ1n) is 9.51. The zero-order valence-electron chi connectivity index (χ0n) is 15.3. The maximum Gasteiger partial charge on any atom is 0.241 e. The van der Waals surface area contributed by atoms with Gasteiger partial charge in [-0.1, -0.05) is 0 Å². The van der Waals surface area contributed by atoms with Gasteiger partial charge in [0.2, 0.25) is 5.95 Å². The minimum absolute atomic E-state index is 0.450. The molecule has 1 saturated carbocycles. The van der Waals surface area contributed by atoms with Crippen LogP contribution in [0.4, 0.5) is 5.95 Å². The molecule has 1 fully saturated rings. The summed E-state index contributed by atoms with van der Waals surface area (Å²) in [5.74, 6) is 0.697. The average molecular weight is 361 g/mol. The van der Waals surface area contributed by atoms with Gasteiger partial charge in [-0.05, 0) is 50.9 Å². The van der Waals surface area contributed by atoms with Gasteiger partial charge in [-0.25, -0.2) is 14.5 Å². The van der Waals surface area contributed by atoms with Gasteiger partial charge < -0.3 is 15.0 Å². The lowest BCUT2D eigenvalue weighted by atomic mass is 9.91. The van der Waals surface area contributed by atoms with Gasteiger partial charge in [0.1, 0.15) is 5.65 Å². The van der Waals surface area contributed by atoms with E-state index < -0.39 is 0 Å². The van der Waals surface area contributed by atoms with Crippen molar-refractivity contribution in [2.75, 3.05) is 12.4 Å². The summed E-state index contributed by atoms with van der Waals surface area (Å²) < 4.78 is 3.93. The molecule has 5 rings (SSSR count). The molecule has 2 N–H and O–H groups in total. The lowest BCUT2D eigenvalue weighted by Gasteiger charge is -2.28. The fraction of sp³-hybridized carbons (Fsp3) is 0.350. The topological polar surface area (TPSA) is 71.5 Å². The number of anilines is 1. The SMILES string of the molecule is CN[C@H]1CC[C@H](Nc2ncc3c(-c4ccc5nccn5c4)ccn3n2)CC1. The average Bonchev–Trinajstić information content (AvgIpc) is 3.34. The predicted molar refractivity (Wildman–Crippen MR) is 106 cm³/mol. The van der Waals surface area contributed by atoms with Crippen LogP contribution in [0, 0.1) is 0 Å². The predicted octanol–water partition coefficient (Wildman–Crippen LogP) is 2.99. The van der Waals surface area contributed by atoms with E-state index in [1.807, 2.05) is 46.8 Å². The molecular formula is C20H23N7. The molecule has 0 spiro atoms. The first kappa shape index (κ1) is 16.3. The zero-order chi connectivity index (χ0) is 18.2. The smallest absolute Gasteiger partial charge is 0.241 e. The van der Waals surface area contributed by atoms with Crippen molar-refractivity contribution in [2.24, 2.45) is 0 Å². The molecular weight excluding hydrogens is 338 g/mol. The molecule has 0 unspecified atom stereocenters. The van der Waals surface area contributed by atoms with Gasteiger partial charge in [-0.2, -0.15) is 0 Å². The molecule has 4 heterocycles. The highest BCUT2D eigenvalue weighted by Gasteiger charge is 2.20. The minimum atomic E-state index is 0.450. The Morgan fingerprint density at radius 3 is 2.70 bits per heavy atom. The van der Waals surface area contributed by atoms with Crippen molar-refractivity contribution < 1.29 is 0 Å². The second-order valence-electron chi connectivity index (χ2n) is 7.23. The molecule has 4 aromatic rings. The highest BCUT2D eigenvalue weighted by molar-refractivity contribution is 5.80. The molecule has 4 aromatic heterocycles. The van der Waals surface area contributed by atoms with Crippen LogP contribution in [0.5, 0.6) is 0 Å². The van der Waals surface area contributed by atoms with E-state index in [9.17, 15) is 0 Å². The summed E-state index contributed by atoms with van der Waals surface area (Å²) in [7, 11) is 2.05. The van der Waals surface area contributed by atoms with E-state index in [0.717, 1.165) is 35.1 Å². The summed E-state index contributed by atoms with van der Waals surface area (Å²) in [5, 5.41) is 11.5. The van der Waals surface area contributed by atoms with Crippen molar-refractivity contribution in [1.29, 1.82) is 0 Å². The van der Waals surface area contributed by atoms with E-state index in [0.29, 0.717) is 18.0 Å². The van der Waals surface area contributed by atoms with Gasteiger partial charge in [-0.15, -0.1) is 5.10 Å². The molecule has 7 heteroatoms. The van der Waals surface area contributed by atoms with Crippen LogP contribution in [-0.2, 0) is 0 Å². The number of imidazole rings is 1. The molecule has 0 radical (unpaired) electrons. The van der Waals surface area contributed by atoms with E-state index in [2.05, 4.69) is 44.0 Å². The fourth-order valence-corrected chi connectivity index (χ4v) is 4.00. The van der Waals surface area contributed by atoms with Crippen LogP contribution in [-0.4, -0.2) is 43.1 Å². The van der Waals surface area contributed by atoms with Gasteiger partial charge >= 0.3 is 0 Å². The summed E-state index contributed by atoms with van der Waals surface area (Å²) in [5.41, 5.74) is 4.18. The summed E-state index contributed by atoms with van der Waals surface area (Å²) >= 11 is 0. The highest BCUT2D eigenvalue weighted by Crippen LogP contribution is 2.26. The largest absolute Gasteiger partial charge is 0.350 e. The van der Waals surface area contributed by atoms with E-state index in [-0.39, 0.29) is 0 Å². The molecule has 27 heavy (non-hydrogen) atoms. The summed E-state index contributed by atoms with van der Waals surface area (Å²) in [6, 6.07) is 7.29. The van der Waals surface area contributed by atoms with Gasteiger partial charge in [-0.3, -0.25) is 0 Å². The Morgan fingerprint density at radius 2 is 1.85 bits per heavy atom. The number of nitrogens with zero attached hydrogens (tertiary/aromatic N) is 5. The Kier molecular flexibility index (Phi) is 4.01. The zero-order valence-corrected chi connectivity index (χ0v) is 15.3. The van der Waals surface area contributed by atoms with Gasteiger partial charge in [0.15, 0.2) is 0 Å². The maximum atomic E-state index is 4.67. The number of fused-ring (bicyclic) bond motifs is 2. The molecule has 0 atom stereocenters. The van der Waals surface area contributed by atoms with Crippen LogP contribution < -0.4 is 10.6 Å². The van der Waals surface area contributed by atoms with Crippen molar-refractivity contribution in [1.82, 2.24) is 29.3 Å². The molecule has 0 aromatic carbocycles. The van der Waals surface area contributed by atoms with Crippen LogP contribution in [0.2, 0.25) is 0 Å². The summed E-state index contributed by atoms with van der Waals surface area (Å²) in [6.45, 7) is 0. The lowest BCUT2D eigenvalue weighted by molar-refractivity contribution is 0.370. The van der Waals surface area contributed by atoms with Crippen molar-refractivity contribution in [2.45, 2.75) is 37.8 Å². The number of hydrogen-bond donors (Lipinski definition) is 2. The standard InChI is InChI=1S/C20H23N7/c1-21-15-3-5-16(6-4-15)24-20-23-12-18-17(8-10-27(18)25-20)14-2-7-19-22-9-11-26(19)13-14/h2,7-13,15-16,21H,3-6H2,1H3,(H,24,25)/t15-,16-. The quantitative estimate of drug-likeness (QED) is 0.585. The van der Waals surface area contributed by atoms with Gasteiger partial charge in [0.25, 0.3) is 0 Å². The Labute approximate surface area is 157 Å². The van der Waals surface area contributed by atoms with E-state index in [1.165, 1.54) is 12.8 Å². The third kappa shape index (κ3) is 3.04. The number of hydrogen-bond acceptors (Lipinski definition) is 5. The van der Waals surface area contributed by atoms with Crippen LogP contribution in [0.3, 0.4) is 0 Å². The van der Waals surface area contributed by atoms with Gasteiger partial charge in [0.05, 0.1) is 11.7 Å². The van der Waals surface area contributed by atoms with E-state index in [1.54, 1.807) is 0 Å². The van der Waals surface area contributed by atoms with Crippen molar-refractivity contribution in [3.05, 3.63) is 49.2 Å². The van der Waals surface area contributed by atoms with Crippen LogP contribution in [0.25, 0.3) is 22.3 Å². The van der Waals surface area contributed by atoms with Crippen molar-refractivity contribution in [3.8, 4) is 11.1 Å². The minimum Gasteiger partial charge on any atom is -0.350 e. The van der Waals surface area contributed by atoms with Crippen molar-refractivity contribution in [3.63, 3.8) is 0 Å². The third-order valence-electron chi connectivity index (χ3n) is 5.59. The number of pyridine rings is 1. The van der Waals surface area contributed by atoms with E-state index in [4.69, 9.17) is 0 Å². The number of aromatic nitrogens is 5. The summed E-state index contributed by atoms with van der Waals surface area (Å²) in [6.07, 6.45) is 14.4. The maximum absolute atomic E-state index is 4.67. The molecule has 0 aliphatic heterocycles. The van der Waals surface area contributed by atoms with Crippen LogP contribution >= 0.6 is 0 Å². The third-order valence-corrected chi connectivity index (χ3v) is 5.59. The highest BCUT2D eigenvalue weighted by atomic mass is 15.3. The molecule has 0 amide bonds. The number of rotatable bonds is 4. The first-order chi connectivity index (χ1) is 13.3. The monoisotopic (exact) mass is 361 g/mol. The Morgan fingerprint density at radius 1 is 1.00 bits per heavy atom. The Balaban J connectivity index is 1.39. The van der Waals surface area contributed by atoms with Crippen molar-refractivity contribution >= 4 is 17.1 Å². The number of nitrogens with one attached hydrogen (secondary N) is 2. The van der Waals surface area contributed by atoms with Crippen LogP contribution in [0.15, 0.2) is 49.2 Å². The summed E-state index contributed by atoms with van der Waals surface area (Å²) in [4.78, 5) is 8.87. The molecule has 0 saturated heterocycles. The normalized spacial score (nSPS) is 20.3. The molecule has 138 valence electrons. The first-order valence-corrected chi connectivity index (χ1v) is 9.51. The molecule has 1 aliphatic carbocycles. The lowest BCUT2D eigenvalue weighted by Crippen LogP contribution is -2.35. The molecule has 0 bridgehead atoms. The van der Waals surface area contributed by atoms with Gasteiger partial charge in [0, 0.05) is 48.0 Å². The van der Waals surface area contributed by atoms with E-state index >= 15 is 0 Å². The molecule has 7 nitrogen and oxygen atoms in total. The second kappa shape index (κ2) is 6.66. The fourth-order valence-electron chi connectivity index (χ4n) is 4.00. The molecule has 1 aliphatic rings. The Hall–Kier alpha value is -2.93. The van der Waals surface area contributed by atoms with Crippen LogP contribution in [0.1, 0.15) is 25.7 Å². The Bertz CT molecular complexity index is 1070.